The second kappa shape index (κ2) is 8.23. The van der Waals surface area contributed by atoms with E-state index in [0.717, 1.165) is 12.0 Å². The monoisotopic (exact) mass is 334 g/mol. The van der Waals surface area contributed by atoms with E-state index in [1.165, 1.54) is 11.8 Å². The van der Waals surface area contributed by atoms with Gasteiger partial charge >= 0.3 is 5.97 Å². The molecule has 0 radical (unpaired) electrons. The molecule has 0 saturated carbocycles. The topological polar surface area (TPSA) is 119 Å². The molecule has 118 valence electrons. The van der Waals surface area contributed by atoms with Crippen LogP contribution < -0.4 is 10.5 Å². The van der Waals surface area contributed by atoms with Gasteiger partial charge in [0, 0.05) is 22.9 Å². The van der Waals surface area contributed by atoms with Crippen LogP contribution in [0.5, 0.6) is 0 Å². The highest BCUT2D eigenvalue weighted by atomic mass is 32.2. The van der Waals surface area contributed by atoms with Crippen molar-refractivity contribution in [2.24, 2.45) is 0 Å². The van der Waals surface area contributed by atoms with Crippen molar-refractivity contribution in [2.75, 3.05) is 30.9 Å². The average molecular weight is 334 g/mol. The normalized spacial score (nSPS) is 12.9. The van der Waals surface area contributed by atoms with Crippen molar-refractivity contribution in [3.8, 4) is 0 Å². The minimum atomic E-state index is -3.58. The SMILES string of the molecule is COC(=O)C(O)CNS(=O)(=O)CCSc1ccccc1N. The molecule has 1 unspecified atom stereocenters. The fraction of sp³-hybridized carbons (Fsp3) is 0.417. The number of sulfonamides is 1. The lowest BCUT2D eigenvalue weighted by molar-refractivity contribution is -0.149. The van der Waals surface area contributed by atoms with Gasteiger partial charge in [-0.15, -0.1) is 11.8 Å². The third-order valence-corrected chi connectivity index (χ3v) is 5.20. The molecule has 0 fully saturated rings. The molecule has 0 bridgehead atoms. The molecule has 7 nitrogen and oxygen atoms in total. The maximum absolute atomic E-state index is 11.7. The van der Waals surface area contributed by atoms with Gasteiger partial charge in [-0.05, 0) is 12.1 Å². The van der Waals surface area contributed by atoms with E-state index in [-0.39, 0.29) is 5.75 Å². The predicted molar refractivity (Wildman–Crippen MR) is 81.4 cm³/mol. The number of methoxy groups -OCH3 is 1. The number of carbonyl (C=O) groups excluding carboxylic acids is 1. The molecular formula is C12H18N2O5S2. The zero-order chi connectivity index (χ0) is 15.9. The Morgan fingerprint density at radius 2 is 2.14 bits per heavy atom. The van der Waals surface area contributed by atoms with E-state index in [4.69, 9.17) is 5.73 Å². The molecule has 0 amide bonds. The Morgan fingerprint density at radius 1 is 1.48 bits per heavy atom. The zero-order valence-corrected chi connectivity index (χ0v) is 13.1. The van der Waals surface area contributed by atoms with Gasteiger partial charge in [0.2, 0.25) is 10.0 Å². The number of rotatable bonds is 8. The summed E-state index contributed by atoms with van der Waals surface area (Å²) in [6.07, 6.45) is -1.51. The summed E-state index contributed by atoms with van der Waals surface area (Å²) in [5.41, 5.74) is 6.34. The lowest BCUT2D eigenvalue weighted by Gasteiger charge is -2.10. The quantitative estimate of drug-likeness (QED) is 0.342. The number of aliphatic hydroxyl groups excluding tert-OH is 1. The molecule has 1 aromatic carbocycles. The van der Waals surface area contributed by atoms with Crippen molar-refractivity contribution in [1.82, 2.24) is 4.72 Å². The fourth-order valence-electron chi connectivity index (χ4n) is 1.37. The highest BCUT2D eigenvalue weighted by Gasteiger charge is 2.19. The molecule has 0 aliphatic rings. The van der Waals surface area contributed by atoms with Gasteiger partial charge in [0.05, 0.1) is 12.9 Å². The molecule has 0 heterocycles. The van der Waals surface area contributed by atoms with Crippen LogP contribution in [0.25, 0.3) is 0 Å². The highest BCUT2D eigenvalue weighted by Crippen LogP contribution is 2.24. The van der Waals surface area contributed by atoms with Crippen LogP contribution in [-0.4, -0.2) is 50.8 Å². The number of esters is 1. The van der Waals surface area contributed by atoms with Crippen LogP contribution in [0, 0.1) is 0 Å². The number of hydrogen-bond acceptors (Lipinski definition) is 7. The Bertz CT molecular complexity index is 577. The van der Waals surface area contributed by atoms with E-state index in [9.17, 15) is 18.3 Å². The number of aliphatic hydroxyl groups is 1. The first kappa shape index (κ1) is 17.8. The van der Waals surface area contributed by atoms with Gasteiger partial charge in [-0.2, -0.15) is 0 Å². The summed E-state index contributed by atoms with van der Waals surface area (Å²) in [5.74, 6) is -0.735. The summed E-state index contributed by atoms with van der Waals surface area (Å²) in [6.45, 7) is -0.410. The second-order valence-corrected chi connectivity index (χ2v) is 7.16. The van der Waals surface area contributed by atoms with Crippen LogP contribution in [0.3, 0.4) is 0 Å². The van der Waals surface area contributed by atoms with Crippen molar-refractivity contribution in [1.29, 1.82) is 0 Å². The number of ether oxygens (including phenoxy) is 1. The number of anilines is 1. The molecule has 0 spiro atoms. The summed E-state index contributed by atoms with van der Waals surface area (Å²) in [7, 11) is -2.47. The third kappa shape index (κ3) is 6.34. The van der Waals surface area contributed by atoms with E-state index in [0.29, 0.717) is 11.4 Å². The largest absolute Gasteiger partial charge is 0.467 e. The number of hydrogen-bond donors (Lipinski definition) is 3. The maximum atomic E-state index is 11.7. The van der Waals surface area contributed by atoms with Crippen LogP contribution in [-0.2, 0) is 19.6 Å². The first-order chi connectivity index (χ1) is 9.85. The van der Waals surface area contributed by atoms with Gasteiger partial charge in [0.15, 0.2) is 6.10 Å². The lowest BCUT2D eigenvalue weighted by atomic mass is 10.3. The number of para-hydroxylation sites is 1. The number of benzene rings is 1. The fourth-order valence-corrected chi connectivity index (χ4v) is 3.77. The molecule has 1 aromatic rings. The van der Waals surface area contributed by atoms with Gasteiger partial charge in [-0.1, -0.05) is 12.1 Å². The minimum Gasteiger partial charge on any atom is -0.467 e. The summed E-state index contributed by atoms with van der Waals surface area (Å²) in [6, 6.07) is 7.16. The Kier molecular flexibility index (Phi) is 6.96. The molecule has 21 heavy (non-hydrogen) atoms. The molecule has 1 atom stereocenters. The molecule has 0 aliphatic carbocycles. The zero-order valence-electron chi connectivity index (χ0n) is 11.5. The van der Waals surface area contributed by atoms with E-state index in [1.807, 2.05) is 6.07 Å². The first-order valence-electron chi connectivity index (χ1n) is 6.06. The Morgan fingerprint density at radius 3 is 2.76 bits per heavy atom. The van der Waals surface area contributed by atoms with Gasteiger partial charge < -0.3 is 15.6 Å². The van der Waals surface area contributed by atoms with Crippen molar-refractivity contribution in [2.45, 2.75) is 11.0 Å². The van der Waals surface area contributed by atoms with Crippen LogP contribution in [0.1, 0.15) is 0 Å². The summed E-state index contributed by atoms with van der Waals surface area (Å²) in [5, 5.41) is 9.30. The smallest absolute Gasteiger partial charge is 0.336 e. The number of carbonyl (C=O) groups is 1. The Labute approximate surface area is 127 Å². The van der Waals surface area contributed by atoms with E-state index < -0.39 is 28.6 Å². The molecule has 9 heteroatoms. The second-order valence-electron chi connectivity index (χ2n) is 4.09. The lowest BCUT2D eigenvalue weighted by Crippen LogP contribution is -2.38. The van der Waals surface area contributed by atoms with Gasteiger partial charge in [0.25, 0.3) is 0 Å². The number of nitrogens with two attached hydrogens (primary N) is 1. The molecule has 1 rings (SSSR count). The van der Waals surface area contributed by atoms with Crippen LogP contribution in [0.15, 0.2) is 29.2 Å². The Balaban J connectivity index is 2.40. The van der Waals surface area contributed by atoms with Crippen molar-refractivity contribution in [3.63, 3.8) is 0 Å². The molecular weight excluding hydrogens is 316 g/mol. The van der Waals surface area contributed by atoms with Gasteiger partial charge in [0.1, 0.15) is 0 Å². The summed E-state index contributed by atoms with van der Waals surface area (Å²) < 4.78 is 29.8. The number of thioether (sulfide) groups is 1. The van der Waals surface area contributed by atoms with Gasteiger partial charge in [-0.25, -0.2) is 17.9 Å². The Hall–Kier alpha value is -1.29. The van der Waals surface area contributed by atoms with Crippen LogP contribution in [0.2, 0.25) is 0 Å². The van der Waals surface area contributed by atoms with E-state index in [1.54, 1.807) is 18.2 Å². The van der Waals surface area contributed by atoms with Gasteiger partial charge in [-0.3, -0.25) is 0 Å². The van der Waals surface area contributed by atoms with Crippen molar-refractivity contribution in [3.05, 3.63) is 24.3 Å². The third-order valence-electron chi connectivity index (χ3n) is 2.50. The molecule has 0 aliphatic heterocycles. The summed E-state index contributed by atoms with van der Waals surface area (Å²) in [4.78, 5) is 11.7. The van der Waals surface area contributed by atoms with Crippen LogP contribution in [0.4, 0.5) is 5.69 Å². The van der Waals surface area contributed by atoms with E-state index >= 15 is 0 Å². The standard InChI is InChI=1S/C12H18N2O5S2/c1-19-12(16)10(15)8-14-21(17,18)7-6-20-11-5-3-2-4-9(11)13/h2-5,10,14-15H,6-8,13H2,1H3. The molecule has 4 N–H and O–H groups in total. The molecule has 0 aromatic heterocycles. The van der Waals surface area contributed by atoms with Crippen molar-refractivity contribution < 1.29 is 23.1 Å². The number of nitrogens with one attached hydrogen (secondary N) is 1. The predicted octanol–water partition coefficient (Wildman–Crippen LogP) is -0.186. The van der Waals surface area contributed by atoms with Crippen LogP contribution >= 0.6 is 11.8 Å². The number of nitrogen functional groups attached to an aromatic ring is 1. The minimum absolute atomic E-state index is 0.153. The average Bonchev–Trinajstić information content (AvgIpc) is 2.46. The molecule has 0 saturated heterocycles. The highest BCUT2D eigenvalue weighted by molar-refractivity contribution is 8.00. The first-order valence-corrected chi connectivity index (χ1v) is 8.70. The van der Waals surface area contributed by atoms with Crippen molar-refractivity contribution >= 4 is 33.4 Å². The maximum Gasteiger partial charge on any atom is 0.336 e. The summed E-state index contributed by atoms with van der Waals surface area (Å²) >= 11 is 1.32. The van der Waals surface area contributed by atoms with E-state index in [2.05, 4.69) is 9.46 Å².